The molecule has 1 unspecified atom stereocenters. The number of aliphatic hydroxyl groups is 1. The van der Waals surface area contributed by atoms with Crippen LogP contribution in [0.1, 0.15) is 5.56 Å². The van der Waals surface area contributed by atoms with Crippen LogP contribution < -0.4 is 0 Å². The van der Waals surface area contributed by atoms with Gasteiger partial charge in [0, 0.05) is 18.8 Å². The van der Waals surface area contributed by atoms with E-state index in [4.69, 9.17) is 10.2 Å². The molecule has 1 heterocycles. The number of nitrogens with zero attached hydrogens (tertiary/aromatic N) is 2. The van der Waals surface area contributed by atoms with E-state index in [0.29, 0.717) is 5.56 Å². The molecule has 1 aromatic heterocycles. The van der Waals surface area contributed by atoms with Crippen LogP contribution in [0.4, 0.5) is 0 Å². The van der Waals surface area contributed by atoms with Crippen molar-refractivity contribution in [1.82, 2.24) is 9.78 Å². The molecule has 0 amide bonds. The van der Waals surface area contributed by atoms with Gasteiger partial charge in [0.25, 0.3) is 0 Å². The van der Waals surface area contributed by atoms with E-state index in [1.807, 2.05) is 0 Å². The van der Waals surface area contributed by atoms with Crippen LogP contribution in [0.25, 0.3) is 6.20 Å². The molecular weight excluding hydrogens is 172 g/mol. The number of rotatable bonds is 4. The molecule has 5 heteroatoms. The zero-order valence-electron chi connectivity index (χ0n) is 6.92. The summed E-state index contributed by atoms with van der Waals surface area (Å²) in [4.78, 5) is 10.3. The summed E-state index contributed by atoms with van der Waals surface area (Å²) < 4.78 is 1.45. The van der Waals surface area contributed by atoms with Gasteiger partial charge in [-0.3, -0.25) is 0 Å². The zero-order valence-corrected chi connectivity index (χ0v) is 6.92. The van der Waals surface area contributed by atoms with Crippen LogP contribution >= 0.6 is 0 Å². The Kier molecular flexibility index (Phi) is 2.81. The van der Waals surface area contributed by atoms with Gasteiger partial charge in [-0.1, -0.05) is 6.58 Å². The van der Waals surface area contributed by atoms with E-state index in [2.05, 4.69) is 11.7 Å². The Labute approximate surface area is 74.9 Å². The number of carbonyl (C=O) groups is 1. The third-order valence-corrected chi connectivity index (χ3v) is 1.56. The lowest BCUT2D eigenvalue weighted by molar-refractivity contribution is -0.146. The predicted molar refractivity (Wildman–Crippen MR) is 46.0 cm³/mol. The molecule has 0 aliphatic carbocycles. The summed E-state index contributed by atoms with van der Waals surface area (Å²) in [7, 11) is 0. The molecule has 0 saturated carbocycles. The maximum Gasteiger partial charge on any atom is 0.332 e. The van der Waals surface area contributed by atoms with Gasteiger partial charge in [-0.25, -0.2) is 9.48 Å². The van der Waals surface area contributed by atoms with Gasteiger partial charge in [0.05, 0.1) is 6.20 Å². The van der Waals surface area contributed by atoms with Crippen molar-refractivity contribution in [2.75, 3.05) is 0 Å². The Morgan fingerprint density at radius 1 is 1.85 bits per heavy atom. The summed E-state index contributed by atoms with van der Waals surface area (Å²) in [5.74, 6) is -1.23. The Bertz CT molecular complexity index is 319. The van der Waals surface area contributed by atoms with Gasteiger partial charge in [0.15, 0.2) is 6.10 Å². The van der Waals surface area contributed by atoms with Crippen LogP contribution in [-0.4, -0.2) is 32.1 Å². The fourth-order valence-corrected chi connectivity index (χ4v) is 0.893. The Balaban J connectivity index is 2.63. The molecule has 0 spiro atoms. The van der Waals surface area contributed by atoms with Crippen molar-refractivity contribution in [3.05, 3.63) is 24.5 Å². The van der Waals surface area contributed by atoms with Crippen molar-refractivity contribution in [2.24, 2.45) is 0 Å². The SMILES string of the molecule is C=Cn1cc(CC(O)C(=O)O)cn1. The van der Waals surface area contributed by atoms with E-state index in [0.717, 1.165) is 0 Å². The molecule has 13 heavy (non-hydrogen) atoms. The quantitative estimate of drug-likeness (QED) is 0.685. The molecule has 0 radical (unpaired) electrons. The second-order valence-corrected chi connectivity index (χ2v) is 2.57. The molecule has 0 bridgehead atoms. The van der Waals surface area contributed by atoms with Gasteiger partial charge in [-0.15, -0.1) is 0 Å². The molecule has 5 nitrogen and oxygen atoms in total. The van der Waals surface area contributed by atoms with Gasteiger partial charge in [-0.2, -0.15) is 5.10 Å². The Morgan fingerprint density at radius 2 is 2.54 bits per heavy atom. The van der Waals surface area contributed by atoms with Crippen LogP contribution in [0.15, 0.2) is 19.0 Å². The highest BCUT2D eigenvalue weighted by molar-refractivity contribution is 5.72. The fourth-order valence-electron chi connectivity index (χ4n) is 0.893. The van der Waals surface area contributed by atoms with Crippen molar-refractivity contribution in [2.45, 2.75) is 12.5 Å². The number of hydrogen-bond acceptors (Lipinski definition) is 3. The first-order valence-electron chi connectivity index (χ1n) is 3.70. The van der Waals surface area contributed by atoms with E-state index >= 15 is 0 Å². The molecule has 0 saturated heterocycles. The third kappa shape index (κ3) is 2.41. The number of carboxylic acid groups (broad SMARTS) is 1. The lowest BCUT2D eigenvalue weighted by Gasteiger charge is -2.01. The van der Waals surface area contributed by atoms with E-state index in [-0.39, 0.29) is 6.42 Å². The minimum atomic E-state index is -1.37. The maximum atomic E-state index is 10.3. The Hall–Kier alpha value is -1.62. The molecule has 0 fully saturated rings. The van der Waals surface area contributed by atoms with E-state index in [1.54, 1.807) is 6.20 Å². The molecule has 0 aliphatic rings. The fraction of sp³-hybridized carbons (Fsp3) is 0.250. The van der Waals surface area contributed by atoms with E-state index < -0.39 is 12.1 Å². The number of aromatic nitrogens is 2. The molecular formula is C8H10N2O3. The number of aliphatic hydroxyl groups excluding tert-OH is 1. The van der Waals surface area contributed by atoms with Gasteiger partial charge < -0.3 is 10.2 Å². The largest absolute Gasteiger partial charge is 0.479 e. The van der Waals surface area contributed by atoms with Crippen molar-refractivity contribution >= 4 is 12.2 Å². The molecule has 1 rings (SSSR count). The summed E-state index contributed by atoms with van der Waals surface area (Å²) in [6.07, 6.45) is 3.27. The molecule has 0 aliphatic heterocycles. The molecule has 1 atom stereocenters. The first-order chi connectivity index (χ1) is 6.13. The van der Waals surface area contributed by atoms with Gasteiger partial charge in [-0.05, 0) is 5.56 Å². The molecule has 1 aromatic rings. The lowest BCUT2D eigenvalue weighted by Crippen LogP contribution is -2.21. The van der Waals surface area contributed by atoms with E-state index in [9.17, 15) is 4.79 Å². The maximum absolute atomic E-state index is 10.3. The average Bonchev–Trinajstić information content (AvgIpc) is 2.52. The van der Waals surface area contributed by atoms with Crippen LogP contribution in [0.3, 0.4) is 0 Å². The summed E-state index contributed by atoms with van der Waals surface area (Å²) in [5.41, 5.74) is 0.662. The summed E-state index contributed by atoms with van der Waals surface area (Å²) in [6, 6.07) is 0. The second kappa shape index (κ2) is 3.86. The van der Waals surface area contributed by atoms with Gasteiger partial charge in [0.2, 0.25) is 0 Å². The van der Waals surface area contributed by atoms with Crippen molar-refractivity contribution < 1.29 is 15.0 Å². The number of aliphatic carboxylic acids is 1. The van der Waals surface area contributed by atoms with E-state index in [1.165, 1.54) is 17.1 Å². The standard InChI is InChI=1S/C8H10N2O3/c1-2-10-5-6(4-9-10)3-7(11)8(12)13/h2,4-5,7,11H,1,3H2,(H,12,13). The van der Waals surface area contributed by atoms with Crippen molar-refractivity contribution in [1.29, 1.82) is 0 Å². The van der Waals surface area contributed by atoms with Crippen molar-refractivity contribution in [3.8, 4) is 0 Å². The first kappa shape index (κ1) is 9.47. The van der Waals surface area contributed by atoms with Crippen LogP contribution in [-0.2, 0) is 11.2 Å². The first-order valence-corrected chi connectivity index (χ1v) is 3.70. The number of carboxylic acids is 1. The average molecular weight is 182 g/mol. The summed E-state index contributed by atoms with van der Waals surface area (Å²) >= 11 is 0. The third-order valence-electron chi connectivity index (χ3n) is 1.56. The van der Waals surface area contributed by atoms with Crippen LogP contribution in [0, 0.1) is 0 Å². The molecule has 70 valence electrons. The lowest BCUT2D eigenvalue weighted by atomic mass is 10.2. The predicted octanol–water partition coefficient (Wildman–Crippen LogP) is -0.0284. The van der Waals surface area contributed by atoms with Gasteiger partial charge in [0.1, 0.15) is 0 Å². The van der Waals surface area contributed by atoms with Crippen LogP contribution in [0.2, 0.25) is 0 Å². The molecule has 2 N–H and O–H groups in total. The highest BCUT2D eigenvalue weighted by Crippen LogP contribution is 2.02. The Morgan fingerprint density at radius 3 is 3.00 bits per heavy atom. The summed E-state index contributed by atoms with van der Waals surface area (Å²) in [5, 5.41) is 21.3. The highest BCUT2D eigenvalue weighted by atomic mass is 16.4. The second-order valence-electron chi connectivity index (χ2n) is 2.57. The minimum Gasteiger partial charge on any atom is -0.479 e. The number of hydrogen-bond donors (Lipinski definition) is 2. The van der Waals surface area contributed by atoms with Crippen LogP contribution in [0.5, 0.6) is 0 Å². The van der Waals surface area contributed by atoms with Crippen molar-refractivity contribution in [3.63, 3.8) is 0 Å². The topological polar surface area (TPSA) is 75.4 Å². The highest BCUT2D eigenvalue weighted by Gasteiger charge is 2.14. The summed E-state index contributed by atoms with van der Waals surface area (Å²) in [6.45, 7) is 3.48. The van der Waals surface area contributed by atoms with Gasteiger partial charge >= 0.3 is 5.97 Å². The smallest absolute Gasteiger partial charge is 0.332 e. The normalized spacial score (nSPS) is 12.4. The minimum absolute atomic E-state index is 0.0587. The molecule has 0 aromatic carbocycles. The zero-order chi connectivity index (χ0) is 9.84. The monoisotopic (exact) mass is 182 g/mol.